The third kappa shape index (κ3) is 5.89. The first-order chi connectivity index (χ1) is 22.6. The Labute approximate surface area is 278 Å². The van der Waals surface area contributed by atoms with E-state index in [0.29, 0.717) is 50.1 Å². The Morgan fingerprint density at radius 3 is 2.36 bits per heavy atom. The lowest BCUT2D eigenvalue weighted by Gasteiger charge is -2.37. The van der Waals surface area contributed by atoms with Gasteiger partial charge in [0.2, 0.25) is 11.8 Å². The zero-order valence-corrected chi connectivity index (χ0v) is 28.2. The molecule has 9 nitrogen and oxygen atoms in total. The minimum absolute atomic E-state index is 0.0184. The van der Waals surface area contributed by atoms with E-state index in [2.05, 4.69) is 13.2 Å². The van der Waals surface area contributed by atoms with Gasteiger partial charge in [-0.3, -0.25) is 14.4 Å². The molecule has 2 aromatic rings. The molecule has 1 spiro atoms. The summed E-state index contributed by atoms with van der Waals surface area (Å²) < 4.78 is 12.7. The summed E-state index contributed by atoms with van der Waals surface area (Å²) in [6, 6.07) is 12.4. The summed E-state index contributed by atoms with van der Waals surface area (Å²) >= 11 is 0. The van der Waals surface area contributed by atoms with Gasteiger partial charge in [0.15, 0.2) is 0 Å². The number of benzene rings is 2. The Balaban J connectivity index is 1.60. The Bertz CT molecular complexity index is 1510. The summed E-state index contributed by atoms with van der Waals surface area (Å²) in [5.41, 5.74) is 1.32. The van der Waals surface area contributed by atoms with E-state index in [1.54, 1.807) is 26.9 Å². The average Bonchev–Trinajstić information content (AvgIpc) is 3.67. The van der Waals surface area contributed by atoms with Gasteiger partial charge in [-0.1, -0.05) is 31.2 Å². The smallest absolute Gasteiger partial charge is 0.253 e. The van der Waals surface area contributed by atoms with Crippen molar-refractivity contribution in [2.45, 2.75) is 77.0 Å². The van der Waals surface area contributed by atoms with Crippen molar-refractivity contribution < 1.29 is 29.0 Å². The minimum atomic E-state index is -1.17. The van der Waals surface area contributed by atoms with Crippen LogP contribution in [-0.2, 0) is 19.1 Å². The molecule has 252 valence electrons. The quantitative estimate of drug-likeness (QED) is 0.207. The molecule has 5 rings (SSSR count). The van der Waals surface area contributed by atoms with Gasteiger partial charge in [0, 0.05) is 37.6 Å². The van der Waals surface area contributed by atoms with Crippen LogP contribution in [0.1, 0.15) is 57.1 Å². The number of hydrogen-bond acceptors (Lipinski definition) is 6. The van der Waals surface area contributed by atoms with E-state index in [1.165, 1.54) is 0 Å². The Kier molecular flexibility index (Phi) is 10.3. The molecule has 3 saturated heterocycles. The molecule has 3 aliphatic heterocycles. The first-order valence-electron chi connectivity index (χ1n) is 16.9. The second kappa shape index (κ2) is 14.0. The molecule has 2 unspecified atom stereocenters. The van der Waals surface area contributed by atoms with Crippen LogP contribution in [0.2, 0.25) is 0 Å². The van der Waals surface area contributed by atoms with Crippen molar-refractivity contribution in [1.29, 1.82) is 0 Å². The number of carbonyl (C=O) groups is 3. The van der Waals surface area contributed by atoms with Crippen LogP contribution >= 0.6 is 0 Å². The number of fused-ring (bicyclic) bond motifs is 1. The van der Waals surface area contributed by atoms with Gasteiger partial charge in [0.1, 0.15) is 17.4 Å². The van der Waals surface area contributed by atoms with Crippen LogP contribution in [0.15, 0.2) is 67.8 Å². The number of ether oxygens (including phenoxy) is 2. The molecule has 3 amide bonds. The van der Waals surface area contributed by atoms with E-state index in [9.17, 15) is 19.5 Å². The van der Waals surface area contributed by atoms with E-state index in [-0.39, 0.29) is 44.0 Å². The Hall–Kier alpha value is -3.95. The van der Waals surface area contributed by atoms with Crippen molar-refractivity contribution in [2.75, 3.05) is 42.6 Å². The van der Waals surface area contributed by atoms with Crippen LogP contribution in [0.5, 0.6) is 5.75 Å². The van der Waals surface area contributed by atoms with Gasteiger partial charge in [0.05, 0.1) is 24.0 Å². The Morgan fingerprint density at radius 2 is 1.72 bits per heavy atom. The number of aliphatic hydroxyl groups excluding tert-OH is 1. The lowest BCUT2D eigenvalue weighted by atomic mass is 9.64. The highest BCUT2D eigenvalue weighted by molar-refractivity contribution is 6.07. The number of unbranched alkanes of at least 4 members (excludes halogenated alkanes) is 1. The first kappa shape index (κ1) is 34.4. The maximum Gasteiger partial charge on any atom is 0.253 e. The molecule has 0 aliphatic carbocycles. The molecule has 5 atom stereocenters. The molecule has 2 aromatic carbocycles. The molecule has 0 radical (unpaired) electrons. The Morgan fingerprint density at radius 1 is 1.02 bits per heavy atom. The zero-order valence-electron chi connectivity index (χ0n) is 28.2. The number of hydrogen-bond donors (Lipinski definition) is 1. The van der Waals surface area contributed by atoms with Gasteiger partial charge in [-0.2, -0.15) is 0 Å². The molecule has 3 aliphatic rings. The number of anilines is 2. The lowest BCUT2D eigenvalue weighted by Crippen LogP contribution is -2.56. The third-order valence-electron chi connectivity index (χ3n) is 10.3. The van der Waals surface area contributed by atoms with Gasteiger partial charge in [-0.05, 0) is 94.3 Å². The molecular weight excluding hydrogens is 594 g/mol. The minimum Gasteiger partial charge on any atom is -0.494 e. The second-order valence-corrected chi connectivity index (χ2v) is 13.0. The van der Waals surface area contributed by atoms with Crippen LogP contribution in [0.3, 0.4) is 0 Å². The summed E-state index contributed by atoms with van der Waals surface area (Å²) in [7, 11) is 0. The predicted molar refractivity (Wildman–Crippen MR) is 183 cm³/mol. The van der Waals surface area contributed by atoms with E-state index in [0.717, 1.165) is 16.8 Å². The highest BCUT2D eigenvalue weighted by Crippen LogP contribution is 2.65. The van der Waals surface area contributed by atoms with Crippen LogP contribution in [-0.4, -0.2) is 77.8 Å². The van der Waals surface area contributed by atoms with Crippen molar-refractivity contribution in [3.05, 3.63) is 78.9 Å². The molecule has 1 N–H and O–H groups in total. The van der Waals surface area contributed by atoms with Crippen LogP contribution in [0.4, 0.5) is 11.4 Å². The maximum absolute atomic E-state index is 15.0. The van der Waals surface area contributed by atoms with Crippen molar-refractivity contribution >= 4 is 29.1 Å². The highest BCUT2D eigenvalue weighted by atomic mass is 16.5. The van der Waals surface area contributed by atoms with Gasteiger partial charge in [0.25, 0.3) is 5.91 Å². The predicted octanol–water partition coefficient (Wildman–Crippen LogP) is 5.37. The normalized spacial score (nSPS) is 25.9. The van der Waals surface area contributed by atoms with E-state index >= 15 is 0 Å². The molecule has 2 bridgehead atoms. The molecule has 0 aromatic heterocycles. The number of amides is 3. The SMILES string of the molecule is C=CCN(C(=O)[C@H]1[C@H]2C(=O)N(CCCCO)C(C(=O)N(CC=C)c3cc(C)ccc3C)C23CC[C@]1(CC)O3)c1ccc(OCC)cc1. The highest BCUT2D eigenvalue weighted by Gasteiger charge is 2.79. The fourth-order valence-corrected chi connectivity index (χ4v) is 8.11. The zero-order chi connectivity index (χ0) is 33.9. The average molecular weight is 644 g/mol. The summed E-state index contributed by atoms with van der Waals surface area (Å²) in [5, 5.41) is 9.58. The van der Waals surface area contributed by atoms with E-state index < -0.39 is 29.1 Å². The van der Waals surface area contributed by atoms with E-state index in [4.69, 9.17) is 9.47 Å². The number of aliphatic hydroxyl groups is 1. The molecule has 0 saturated carbocycles. The van der Waals surface area contributed by atoms with Crippen LogP contribution in [0.25, 0.3) is 0 Å². The monoisotopic (exact) mass is 643 g/mol. The summed E-state index contributed by atoms with van der Waals surface area (Å²) in [6.45, 7) is 17.0. The van der Waals surface area contributed by atoms with Gasteiger partial charge >= 0.3 is 0 Å². The molecule has 3 heterocycles. The van der Waals surface area contributed by atoms with Crippen molar-refractivity contribution in [1.82, 2.24) is 4.90 Å². The van der Waals surface area contributed by atoms with Gasteiger partial charge in [-0.15, -0.1) is 13.2 Å². The van der Waals surface area contributed by atoms with Crippen molar-refractivity contribution in [2.24, 2.45) is 11.8 Å². The van der Waals surface area contributed by atoms with Gasteiger partial charge < -0.3 is 29.3 Å². The molecule has 47 heavy (non-hydrogen) atoms. The number of carbonyl (C=O) groups excluding carboxylic acids is 3. The number of likely N-dealkylation sites (tertiary alicyclic amines) is 1. The number of aryl methyl sites for hydroxylation is 2. The maximum atomic E-state index is 15.0. The largest absolute Gasteiger partial charge is 0.494 e. The number of nitrogens with zero attached hydrogens (tertiary/aromatic N) is 3. The lowest BCUT2D eigenvalue weighted by molar-refractivity contribution is -0.146. The first-order valence-corrected chi connectivity index (χ1v) is 16.9. The molecule has 9 heteroatoms. The second-order valence-electron chi connectivity index (χ2n) is 13.0. The summed E-state index contributed by atoms with van der Waals surface area (Å²) in [4.78, 5) is 49.5. The third-order valence-corrected chi connectivity index (χ3v) is 10.3. The van der Waals surface area contributed by atoms with Crippen LogP contribution in [0, 0.1) is 25.7 Å². The summed E-state index contributed by atoms with van der Waals surface area (Å²) in [6.07, 6.45) is 5.96. The van der Waals surface area contributed by atoms with Gasteiger partial charge in [-0.25, -0.2) is 0 Å². The fraction of sp³-hybridized carbons (Fsp3) is 0.500. The van der Waals surface area contributed by atoms with Crippen molar-refractivity contribution in [3.8, 4) is 5.75 Å². The van der Waals surface area contributed by atoms with Crippen molar-refractivity contribution in [3.63, 3.8) is 0 Å². The number of rotatable bonds is 15. The topological polar surface area (TPSA) is 99.6 Å². The molecule has 3 fully saturated rings. The summed E-state index contributed by atoms with van der Waals surface area (Å²) in [5.74, 6) is -1.60. The standard InChI is InChI=1S/C38H49N3O6/c1-7-21-39(28-15-17-29(18-16-28)46-10-4)34(43)31-32-35(44)41(23-11-12-24-42)33(38(32)20-19-37(31,9-3)47-38)36(45)40(22-8-2)30-25-26(5)13-14-27(30)6/h7-8,13-18,25,31-33,42H,1-2,9-12,19-24H2,3-6H3/t31-,32+,33?,37+,38?/m1/s1. The van der Waals surface area contributed by atoms with E-state index in [1.807, 2.05) is 70.2 Å². The van der Waals surface area contributed by atoms with Crippen LogP contribution < -0.4 is 14.5 Å². The fourth-order valence-electron chi connectivity index (χ4n) is 8.11. The molecular formula is C38H49N3O6.